The van der Waals surface area contributed by atoms with Gasteiger partial charge in [-0.3, -0.25) is 9.78 Å². The Kier molecular flexibility index (Phi) is 4.90. The lowest BCUT2D eigenvalue weighted by molar-refractivity contribution is -0.111. The Bertz CT molecular complexity index is 964. The molecule has 3 aromatic rings. The molecule has 3 rings (SSSR count). The molecule has 3 heteroatoms. The number of carbonyl (C=O) groups is 1. The Morgan fingerprint density at radius 1 is 1.04 bits per heavy atom. The van der Waals surface area contributed by atoms with E-state index in [1.54, 1.807) is 6.08 Å². The minimum atomic E-state index is -0.152. The zero-order valence-electron chi connectivity index (χ0n) is 15.7. The van der Waals surface area contributed by atoms with Gasteiger partial charge in [0.15, 0.2) is 0 Å². The zero-order chi connectivity index (χ0) is 18.7. The van der Waals surface area contributed by atoms with Gasteiger partial charge in [-0.25, -0.2) is 0 Å². The van der Waals surface area contributed by atoms with E-state index in [4.69, 9.17) is 0 Å². The highest BCUT2D eigenvalue weighted by Crippen LogP contribution is 2.24. The number of nitrogens with zero attached hydrogens (tertiary/aromatic N) is 1. The molecule has 1 amide bonds. The Morgan fingerprint density at radius 2 is 1.73 bits per heavy atom. The lowest BCUT2D eigenvalue weighted by Gasteiger charge is -2.18. The van der Waals surface area contributed by atoms with E-state index in [-0.39, 0.29) is 11.3 Å². The number of amides is 1. The summed E-state index contributed by atoms with van der Waals surface area (Å²) in [7, 11) is 0. The van der Waals surface area contributed by atoms with Crippen LogP contribution in [-0.4, -0.2) is 10.9 Å². The maximum absolute atomic E-state index is 12.3. The summed E-state index contributed by atoms with van der Waals surface area (Å²) in [5, 5.41) is 3.91. The maximum Gasteiger partial charge on any atom is 0.248 e. The topological polar surface area (TPSA) is 42.0 Å². The molecule has 2 aromatic carbocycles. The molecule has 0 aliphatic heterocycles. The van der Waals surface area contributed by atoms with Crippen LogP contribution in [-0.2, 0) is 10.2 Å². The number of para-hydroxylation sites is 1. The number of aromatic nitrogens is 1. The second kappa shape index (κ2) is 7.12. The first-order chi connectivity index (χ1) is 12.3. The van der Waals surface area contributed by atoms with Crippen LogP contribution in [0.2, 0.25) is 0 Å². The Morgan fingerprint density at radius 3 is 2.42 bits per heavy atom. The SMILES string of the molecule is Cc1cc(NC(=O)C=Cc2ccc(C(C)(C)C)cc2)c2ccccc2n1. The molecule has 1 aromatic heterocycles. The predicted octanol–water partition coefficient (Wildman–Crippen LogP) is 5.49. The van der Waals surface area contributed by atoms with Gasteiger partial charge >= 0.3 is 0 Å². The number of anilines is 1. The van der Waals surface area contributed by atoms with Crippen LogP contribution in [0.5, 0.6) is 0 Å². The van der Waals surface area contributed by atoms with Gasteiger partial charge in [0.25, 0.3) is 0 Å². The first kappa shape index (κ1) is 17.9. The van der Waals surface area contributed by atoms with Crippen molar-refractivity contribution < 1.29 is 4.79 Å². The smallest absolute Gasteiger partial charge is 0.248 e. The second-order valence-electron chi connectivity index (χ2n) is 7.52. The van der Waals surface area contributed by atoms with Crippen molar-refractivity contribution in [3.63, 3.8) is 0 Å². The summed E-state index contributed by atoms with van der Waals surface area (Å²) in [6, 6.07) is 18.0. The van der Waals surface area contributed by atoms with E-state index >= 15 is 0 Å². The third kappa shape index (κ3) is 4.17. The number of pyridine rings is 1. The fourth-order valence-corrected chi connectivity index (χ4v) is 2.85. The number of aryl methyl sites for hydroxylation is 1. The molecule has 0 bridgehead atoms. The van der Waals surface area contributed by atoms with Crippen molar-refractivity contribution in [2.45, 2.75) is 33.1 Å². The molecule has 0 unspecified atom stereocenters. The molecule has 0 saturated heterocycles. The van der Waals surface area contributed by atoms with Crippen LogP contribution < -0.4 is 5.32 Å². The largest absolute Gasteiger partial charge is 0.322 e. The van der Waals surface area contributed by atoms with Crippen LogP contribution in [0.15, 0.2) is 60.7 Å². The number of fused-ring (bicyclic) bond motifs is 1. The predicted molar refractivity (Wildman–Crippen MR) is 109 cm³/mol. The fraction of sp³-hybridized carbons (Fsp3) is 0.217. The molecule has 132 valence electrons. The molecule has 1 N–H and O–H groups in total. The van der Waals surface area contributed by atoms with Crippen LogP contribution in [0.3, 0.4) is 0 Å². The average molecular weight is 344 g/mol. The van der Waals surface area contributed by atoms with E-state index < -0.39 is 0 Å². The zero-order valence-corrected chi connectivity index (χ0v) is 15.7. The highest BCUT2D eigenvalue weighted by atomic mass is 16.1. The number of carbonyl (C=O) groups excluding carboxylic acids is 1. The summed E-state index contributed by atoms with van der Waals surface area (Å²) in [6.45, 7) is 8.49. The van der Waals surface area contributed by atoms with Gasteiger partial charge < -0.3 is 5.32 Å². The van der Waals surface area contributed by atoms with Crippen molar-refractivity contribution in [1.82, 2.24) is 4.98 Å². The van der Waals surface area contributed by atoms with Gasteiger partial charge in [0.05, 0.1) is 11.2 Å². The van der Waals surface area contributed by atoms with E-state index in [2.05, 4.69) is 43.2 Å². The normalized spacial score (nSPS) is 11.8. The molecule has 0 aliphatic carbocycles. The van der Waals surface area contributed by atoms with Crippen molar-refractivity contribution in [2.75, 3.05) is 5.32 Å². The quantitative estimate of drug-likeness (QED) is 0.638. The van der Waals surface area contributed by atoms with Crippen LogP contribution in [0.4, 0.5) is 5.69 Å². The van der Waals surface area contributed by atoms with Crippen molar-refractivity contribution in [3.8, 4) is 0 Å². The summed E-state index contributed by atoms with van der Waals surface area (Å²) in [5.41, 5.74) is 4.94. The molecule has 26 heavy (non-hydrogen) atoms. The van der Waals surface area contributed by atoms with E-state index in [0.29, 0.717) is 0 Å². The highest BCUT2D eigenvalue weighted by Gasteiger charge is 2.12. The molecule has 0 spiro atoms. The Balaban J connectivity index is 1.76. The fourth-order valence-electron chi connectivity index (χ4n) is 2.85. The van der Waals surface area contributed by atoms with Crippen LogP contribution in [0.25, 0.3) is 17.0 Å². The van der Waals surface area contributed by atoms with E-state index in [9.17, 15) is 4.79 Å². The van der Waals surface area contributed by atoms with Crippen molar-refractivity contribution in [3.05, 3.63) is 77.5 Å². The van der Waals surface area contributed by atoms with Gasteiger partial charge in [0.2, 0.25) is 5.91 Å². The molecule has 1 heterocycles. The lowest BCUT2D eigenvalue weighted by atomic mass is 9.87. The number of hydrogen-bond acceptors (Lipinski definition) is 2. The molecule has 0 aliphatic rings. The number of rotatable bonds is 3. The van der Waals surface area contributed by atoms with Gasteiger partial charge in [0.1, 0.15) is 0 Å². The van der Waals surface area contributed by atoms with Crippen molar-refractivity contribution >= 4 is 28.6 Å². The third-order valence-corrected chi connectivity index (χ3v) is 4.31. The van der Waals surface area contributed by atoms with Gasteiger partial charge in [0, 0.05) is 17.2 Å². The molecule has 0 radical (unpaired) electrons. The molecule has 0 atom stereocenters. The first-order valence-corrected chi connectivity index (χ1v) is 8.79. The Hall–Kier alpha value is -2.94. The van der Waals surface area contributed by atoms with Gasteiger partial charge in [-0.2, -0.15) is 0 Å². The van der Waals surface area contributed by atoms with Crippen LogP contribution in [0.1, 0.15) is 37.6 Å². The van der Waals surface area contributed by atoms with Gasteiger partial charge in [-0.05, 0) is 41.7 Å². The van der Waals surface area contributed by atoms with Crippen molar-refractivity contribution in [2.24, 2.45) is 0 Å². The molecular weight excluding hydrogens is 320 g/mol. The first-order valence-electron chi connectivity index (χ1n) is 8.79. The standard InChI is InChI=1S/C23H24N2O/c1-16-15-21(19-7-5-6-8-20(19)24-16)25-22(26)14-11-17-9-12-18(13-10-17)23(2,3)4/h5-15H,1-4H3,(H,24,25,26). The molecule has 3 nitrogen and oxygen atoms in total. The summed E-state index contributed by atoms with van der Waals surface area (Å²) in [4.78, 5) is 16.8. The maximum atomic E-state index is 12.3. The van der Waals surface area contributed by atoms with E-state index in [1.807, 2.05) is 55.5 Å². The summed E-state index contributed by atoms with van der Waals surface area (Å²) in [5.74, 6) is -0.152. The molecule has 0 fully saturated rings. The summed E-state index contributed by atoms with van der Waals surface area (Å²) in [6.07, 6.45) is 3.40. The summed E-state index contributed by atoms with van der Waals surface area (Å²) >= 11 is 0. The third-order valence-electron chi connectivity index (χ3n) is 4.31. The minimum Gasteiger partial charge on any atom is -0.322 e. The number of hydrogen-bond donors (Lipinski definition) is 1. The lowest BCUT2D eigenvalue weighted by Crippen LogP contribution is -2.10. The highest BCUT2D eigenvalue weighted by molar-refractivity contribution is 6.07. The number of benzene rings is 2. The monoisotopic (exact) mass is 344 g/mol. The van der Waals surface area contributed by atoms with Gasteiger partial charge in [-0.1, -0.05) is 63.2 Å². The average Bonchev–Trinajstić information content (AvgIpc) is 2.59. The second-order valence-corrected chi connectivity index (χ2v) is 7.52. The molecule has 0 saturated carbocycles. The van der Waals surface area contributed by atoms with E-state index in [1.165, 1.54) is 5.56 Å². The number of nitrogens with one attached hydrogen (secondary N) is 1. The van der Waals surface area contributed by atoms with E-state index in [0.717, 1.165) is 27.8 Å². The van der Waals surface area contributed by atoms with Crippen molar-refractivity contribution in [1.29, 1.82) is 0 Å². The Labute approximate surface area is 154 Å². The van der Waals surface area contributed by atoms with Gasteiger partial charge in [-0.15, -0.1) is 0 Å². The minimum absolute atomic E-state index is 0.125. The van der Waals surface area contributed by atoms with Crippen LogP contribution >= 0.6 is 0 Å². The molecular formula is C23H24N2O. The van der Waals surface area contributed by atoms with Crippen LogP contribution in [0, 0.1) is 6.92 Å². The summed E-state index contributed by atoms with van der Waals surface area (Å²) < 4.78 is 0.